The number of H-pyrrole nitrogens is 1. The highest BCUT2D eigenvalue weighted by Gasteiger charge is 2.04. The number of hydrogen-bond acceptors (Lipinski definition) is 6. The molecule has 0 atom stereocenters. The molecule has 0 fully saturated rings. The van der Waals surface area contributed by atoms with Crippen molar-refractivity contribution in [1.29, 1.82) is 0 Å². The van der Waals surface area contributed by atoms with Gasteiger partial charge in [0.2, 0.25) is 11.9 Å². The number of rotatable bonds is 4. The zero-order chi connectivity index (χ0) is 12.1. The predicted octanol–water partition coefficient (Wildman–Crippen LogP) is 0.240. The number of aromatic nitrogens is 4. The van der Waals surface area contributed by atoms with Gasteiger partial charge in [-0.3, -0.25) is 4.79 Å². The maximum absolute atomic E-state index is 10.9. The average molecular weight is 250 g/mol. The quantitative estimate of drug-likeness (QED) is 0.583. The molecule has 8 heteroatoms. The Morgan fingerprint density at radius 3 is 3.06 bits per heavy atom. The van der Waals surface area contributed by atoms with Gasteiger partial charge in [-0.25, -0.2) is 15.0 Å². The second kappa shape index (κ2) is 5.30. The molecule has 0 aliphatic heterocycles. The monoisotopic (exact) mass is 250 g/mol. The molecule has 0 unspecified atom stereocenters. The maximum atomic E-state index is 10.9. The lowest BCUT2D eigenvalue weighted by Gasteiger charge is -2.00. The number of carbonyl (C=O) groups excluding carboxylic acids is 1. The van der Waals surface area contributed by atoms with Crippen molar-refractivity contribution in [2.45, 2.75) is 0 Å². The number of nitrogens with zero attached hydrogens (tertiary/aromatic N) is 3. The maximum Gasteiger partial charge on any atom is 0.249 e. The number of aromatic amines is 1. The Morgan fingerprint density at radius 2 is 2.35 bits per heavy atom. The minimum absolute atomic E-state index is 0.0974. The van der Waals surface area contributed by atoms with E-state index >= 15 is 0 Å². The molecule has 0 saturated carbocycles. The third kappa shape index (κ3) is 2.94. The Balaban J connectivity index is 2.04. The zero-order valence-electron chi connectivity index (χ0n) is 8.71. The van der Waals surface area contributed by atoms with Gasteiger partial charge in [-0.05, 0) is 6.07 Å². The summed E-state index contributed by atoms with van der Waals surface area (Å²) in [5.74, 6) is 0.254. The topological polar surface area (TPSA) is 95.6 Å². The number of anilines is 1. The summed E-state index contributed by atoms with van der Waals surface area (Å²) in [6.07, 6.45) is 4.73. The van der Waals surface area contributed by atoms with Gasteiger partial charge < -0.3 is 15.0 Å². The van der Waals surface area contributed by atoms with E-state index in [1.807, 2.05) is 0 Å². The van der Waals surface area contributed by atoms with Gasteiger partial charge in [0.05, 0.1) is 24.1 Å². The predicted molar refractivity (Wildman–Crippen MR) is 65.2 cm³/mol. The van der Waals surface area contributed by atoms with Crippen LogP contribution >= 0.6 is 12.8 Å². The van der Waals surface area contributed by atoms with Crippen molar-refractivity contribution in [3.63, 3.8) is 0 Å². The summed E-state index contributed by atoms with van der Waals surface area (Å²) in [6, 6.07) is 1.76. The summed E-state index contributed by atoms with van der Waals surface area (Å²) in [4.78, 5) is 25.9. The number of imidazole rings is 1. The van der Waals surface area contributed by atoms with E-state index in [1.165, 1.54) is 6.33 Å². The fourth-order valence-corrected chi connectivity index (χ4v) is 1.27. The summed E-state index contributed by atoms with van der Waals surface area (Å²) in [5, 5.41) is 2.81. The molecule has 0 spiro atoms. The number of hydrogen-bond donors (Lipinski definition) is 4. The van der Waals surface area contributed by atoms with Crippen LogP contribution in [0.5, 0.6) is 0 Å². The van der Waals surface area contributed by atoms with Crippen LogP contribution in [0.1, 0.15) is 0 Å². The fourth-order valence-electron chi connectivity index (χ4n) is 1.19. The Hall–Kier alpha value is -2.09. The van der Waals surface area contributed by atoms with Crippen molar-refractivity contribution in [2.75, 3.05) is 11.9 Å². The Bertz CT molecular complexity index is 499. The van der Waals surface area contributed by atoms with Gasteiger partial charge in [-0.1, -0.05) is 12.8 Å². The standard InChI is InChI=1S/C9H10N6OS/c16-8(15-17)4-12-9-11-3-7(14-9)6-1-2-10-5-13-6/h1-3,5,17H,4H2,(H,15,16)(H2,11,12,14). The summed E-state index contributed by atoms with van der Waals surface area (Å²) in [7, 11) is 0. The molecule has 2 aromatic rings. The molecular weight excluding hydrogens is 240 g/mol. The molecule has 7 nitrogen and oxygen atoms in total. The Labute approximate surface area is 103 Å². The van der Waals surface area contributed by atoms with Crippen LogP contribution in [0.3, 0.4) is 0 Å². The van der Waals surface area contributed by atoms with Crippen molar-refractivity contribution in [3.8, 4) is 11.4 Å². The number of carbonyl (C=O) groups is 1. The lowest BCUT2D eigenvalue weighted by Crippen LogP contribution is -2.23. The SMILES string of the molecule is O=C(CNc1ncc(-c2ccncn2)[nH]1)NS. The molecule has 2 rings (SSSR count). The van der Waals surface area contributed by atoms with Crippen molar-refractivity contribution in [2.24, 2.45) is 0 Å². The van der Waals surface area contributed by atoms with Crippen molar-refractivity contribution in [1.82, 2.24) is 24.7 Å². The van der Waals surface area contributed by atoms with Crippen LogP contribution in [0.4, 0.5) is 5.95 Å². The van der Waals surface area contributed by atoms with Gasteiger partial charge in [0.25, 0.3) is 0 Å². The molecule has 2 aromatic heterocycles. The van der Waals surface area contributed by atoms with E-state index in [2.05, 4.69) is 42.8 Å². The smallest absolute Gasteiger partial charge is 0.249 e. The summed E-state index contributed by atoms with van der Waals surface area (Å²) in [5.41, 5.74) is 1.49. The molecule has 3 N–H and O–H groups in total. The van der Waals surface area contributed by atoms with Crippen molar-refractivity contribution in [3.05, 3.63) is 24.8 Å². The van der Waals surface area contributed by atoms with E-state index in [-0.39, 0.29) is 12.5 Å². The molecule has 17 heavy (non-hydrogen) atoms. The third-order valence-electron chi connectivity index (χ3n) is 1.97. The van der Waals surface area contributed by atoms with Gasteiger partial charge >= 0.3 is 0 Å². The van der Waals surface area contributed by atoms with Crippen LogP contribution in [-0.2, 0) is 4.79 Å². The van der Waals surface area contributed by atoms with E-state index in [9.17, 15) is 4.79 Å². The number of thiol groups is 1. The molecule has 0 aliphatic carbocycles. The first-order chi connectivity index (χ1) is 8.29. The summed E-state index contributed by atoms with van der Waals surface area (Å²) < 4.78 is 2.20. The van der Waals surface area contributed by atoms with Crippen LogP contribution in [0.2, 0.25) is 0 Å². The first kappa shape index (κ1) is 11.4. The average Bonchev–Trinajstić information content (AvgIpc) is 2.86. The summed E-state index contributed by atoms with van der Waals surface area (Å²) >= 11 is 3.64. The van der Waals surface area contributed by atoms with E-state index in [0.717, 1.165) is 11.4 Å². The molecule has 2 heterocycles. The van der Waals surface area contributed by atoms with Crippen LogP contribution < -0.4 is 10.0 Å². The van der Waals surface area contributed by atoms with E-state index in [4.69, 9.17) is 0 Å². The molecule has 0 radical (unpaired) electrons. The lowest BCUT2D eigenvalue weighted by atomic mass is 10.3. The first-order valence-electron chi connectivity index (χ1n) is 4.78. The number of nitrogens with one attached hydrogen (secondary N) is 3. The van der Waals surface area contributed by atoms with E-state index in [0.29, 0.717) is 5.95 Å². The van der Waals surface area contributed by atoms with Gasteiger partial charge in [-0.15, -0.1) is 0 Å². The highest BCUT2D eigenvalue weighted by atomic mass is 32.1. The molecule has 0 aliphatic rings. The molecule has 0 saturated heterocycles. The van der Waals surface area contributed by atoms with Crippen LogP contribution in [0.25, 0.3) is 11.4 Å². The largest absolute Gasteiger partial charge is 0.347 e. The normalized spacial score (nSPS) is 9.94. The zero-order valence-corrected chi connectivity index (χ0v) is 9.61. The van der Waals surface area contributed by atoms with E-state index < -0.39 is 0 Å². The highest BCUT2D eigenvalue weighted by molar-refractivity contribution is 7.78. The Kier molecular flexibility index (Phi) is 3.55. The van der Waals surface area contributed by atoms with Gasteiger partial charge in [0, 0.05) is 6.20 Å². The van der Waals surface area contributed by atoms with Crippen LogP contribution in [0, 0.1) is 0 Å². The second-order valence-corrected chi connectivity index (χ2v) is 3.35. The first-order valence-corrected chi connectivity index (χ1v) is 5.22. The summed E-state index contributed by atoms with van der Waals surface area (Å²) in [6.45, 7) is 0.0974. The van der Waals surface area contributed by atoms with Crippen molar-refractivity contribution < 1.29 is 4.79 Å². The van der Waals surface area contributed by atoms with Crippen LogP contribution in [-0.4, -0.2) is 32.4 Å². The lowest BCUT2D eigenvalue weighted by molar-refractivity contribution is -0.117. The van der Waals surface area contributed by atoms with Crippen LogP contribution in [0.15, 0.2) is 24.8 Å². The molecule has 88 valence electrons. The molecular formula is C9H10N6OS. The highest BCUT2D eigenvalue weighted by Crippen LogP contribution is 2.14. The molecule has 1 amide bonds. The minimum atomic E-state index is -0.242. The van der Waals surface area contributed by atoms with Gasteiger partial charge in [-0.2, -0.15) is 0 Å². The molecule has 0 bridgehead atoms. The fraction of sp³-hybridized carbons (Fsp3) is 0.111. The number of amides is 1. The third-order valence-corrected chi connectivity index (χ3v) is 2.22. The second-order valence-electron chi connectivity index (χ2n) is 3.13. The Morgan fingerprint density at radius 1 is 1.47 bits per heavy atom. The van der Waals surface area contributed by atoms with Crippen molar-refractivity contribution >= 4 is 24.7 Å². The van der Waals surface area contributed by atoms with Gasteiger partial charge in [0.1, 0.15) is 6.33 Å². The minimum Gasteiger partial charge on any atom is -0.347 e. The molecule has 0 aromatic carbocycles. The van der Waals surface area contributed by atoms with E-state index in [1.54, 1.807) is 18.5 Å². The van der Waals surface area contributed by atoms with Gasteiger partial charge in [0.15, 0.2) is 0 Å².